The van der Waals surface area contributed by atoms with Gasteiger partial charge in [0, 0.05) is 24.3 Å². The molecule has 0 fully saturated rings. The van der Waals surface area contributed by atoms with E-state index in [1.807, 2.05) is 72.8 Å². The highest BCUT2D eigenvalue weighted by molar-refractivity contribution is 5.93. The van der Waals surface area contributed by atoms with Crippen LogP contribution in [0.4, 0.5) is 5.82 Å². The Morgan fingerprint density at radius 2 is 1.71 bits per heavy atom. The highest BCUT2D eigenvalue weighted by Gasteiger charge is 2.21. The second-order valence-corrected chi connectivity index (χ2v) is 8.33. The fourth-order valence-electron chi connectivity index (χ4n) is 4.15. The number of carbonyl (C=O) groups is 1. The van der Waals surface area contributed by atoms with E-state index in [0.29, 0.717) is 41.7 Å². The van der Waals surface area contributed by atoms with Gasteiger partial charge in [0.2, 0.25) is 11.7 Å². The van der Waals surface area contributed by atoms with Crippen molar-refractivity contribution in [3.63, 3.8) is 0 Å². The molecule has 0 atom stereocenters. The van der Waals surface area contributed by atoms with E-state index in [2.05, 4.69) is 11.4 Å². The highest BCUT2D eigenvalue weighted by atomic mass is 16.5. The second-order valence-electron chi connectivity index (χ2n) is 8.33. The molecule has 8 nitrogen and oxygen atoms in total. The predicted octanol–water partition coefficient (Wildman–Crippen LogP) is 4.12. The lowest BCUT2D eigenvalue weighted by Crippen LogP contribution is -2.31. The fourth-order valence-corrected chi connectivity index (χ4v) is 4.15. The number of nitriles is 1. The predicted molar refractivity (Wildman–Crippen MR) is 135 cm³/mol. The third-order valence-electron chi connectivity index (χ3n) is 6.02. The average Bonchev–Trinajstić information content (AvgIpc) is 3.07. The normalized spacial score (nSPS) is 10.7. The van der Waals surface area contributed by atoms with Gasteiger partial charge in [0.15, 0.2) is 11.5 Å². The number of ether oxygens (including phenoxy) is 3. The Balaban J connectivity index is 1.79. The third-order valence-corrected chi connectivity index (χ3v) is 6.02. The number of hydrogen-bond donors (Lipinski definition) is 1. The Labute approximate surface area is 206 Å². The van der Waals surface area contributed by atoms with Crippen molar-refractivity contribution in [2.45, 2.75) is 26.9 Å². The summed E-state index contributed by atoms with van der Waals surface area (Å²) in [6, 6.07) is 15.9. The van der Waals surface area contributed by atoms with Gasteiger partial charge in [-0.05, 0) is 38.1 Å². The Morgan fingerprint density at radius 3 is 2.31 bits per heavy atom. The van der Waals surface area contributed by atoms with Gasteiger partial charge in [-0.2, -0.15) is 5.26 Å². The van der Waals surface area contributed by atoms with Crippen LogP contribution in [0.25, 0.3) is 0 Å². The molecule has 0 saturated heterocycles. The smallest absolute Gasteiger partial charge is 0.239 e. The number of nitrogens with one attached hydrogen (secondary N) is 1. The summed E-state index contributed by atoms with van der Waals surface area (Å²) >= 11 is 0. The molecular formula is C27H32N4O4. The van der Waals surface area contributed by atoms with Crippen molar-refractivity contribution in [1.29, 1.82) is 5.26 Å². The molecule has 1 N–H and O–H groups in total. The van der Waals surface area contributed by atoms with Gasteiger partial charge < -0.3 is 24.1 Å². The minimum Gasteiger partial charge on any atom is -0.493 e. The second kappa shape index (κ2) is 11.4. The van der Waals surface area contributed by atoms with E-state index < -0.39 is 0 Å². The van der Waals surface area contributed by atoms with Gasteiger partial charge in [0.1, 0.15) is 11.9 Å². The lowest BCUT2D eigenvalue weighted by atomic mass is 10.1. The molecule has 0 spiro atoms. The Morgan fingerprint density at radius 1 is 1.03 bits per heavy atom. The molecule has 0 radical (unpaired) electrons. The summed E-state index contributed by atoms with van der Waals surface area (Å²) < 4.78 is 18.3. The van der Waals surface area contributed by atoms with Crippen LogP contribution in [0.2, 0.25) is 0 Å². The van der Waals surface area contributed by atoms with E-state index in [1.54, 1.807) is 21.3 Å². The highest BCUT2D eigenvalue weighted by Crippen LogP contribution is 2.40. The summed E-state index contributed by atoms with van der Waals surface area (Å²) in [7, 11) is 6.55. The monoisotopic (exact) mass is 476 g/mol. The van der Waals surface area contributed by atoms with Crippen LogP contribution in [-0.4, -0.2) is 50.3 Å². The van der Waals surface area contributed by atoms with Crippen LogP contribution in [0.3, 0.4) is 0 Å². The third kappa shape index (κ3) is 5.58. The summed E-state index contributed by atoms with van der Waals surface area (Å²) in [5.41, 5.74) is 4.24. The van der Waals surface area contributed by atoms with Crippen LogP contribution < -0.4 is 19.5 Å². The molecule has 0 bridgehead atoms. The summed E-state index contributed by atoms with van der Waals surface area (Å²) in [6.45, 7) is 5.00. The van der Waals surface area contributed by atoms with E-state index >= 15 is 0 Å². The van der Waals surface area contributed by atoms with Crippen LogP contribution in [0.15, 0.2) is 42.5 Å². The molecule has 35 heavy (non-hydrogen) atoms. The number of carbonyl (C=O) groups excluding carboxylic acids is 1. The summed E-state index contributed by atoms with van der Waals surface area (Å²) in [6.07, 6.45) is 0. The number of methoxy groups -OCH3 is 3. The molecule has 8 heteroatoms. The van der Waals surface area contributed by atoms with Crippen molar-refractivity contribution in [3.8, 4) is 23.3 Å². The van der Waals surface area contributed by atoms with E-state index in [0.717, 1.165) is 22.4 Å². The number of nitrogens with zero attached hydrogens (tertiary/aromatic N) is 3. The molecule has 0 aliphatic carbocycles. The van der Waals surface area contributed by atoms with E-state index in [9.17, 15) is 10.1 Å². The van der Waals surface area contributed by atoms with Gasteiger partial charge in [0.25, 0.3) is 0 Å². The Kier molecular flexibility index (Phi) is 8.39. The van der Waals surface area contributed by atoms with Crippen molar-refractivity contribution in [3.05, 3.63) is 70.4 Å². The van der Waals surface area contributed by atoms with E-state index in [-0.39, 0.29) is 12.5 Å². The number of benzene rings is 2. The molecule has 1 heterocycles. The topological polar surface area (TPSA) is 88.8 Å². The van der Waals surface area contributed by atoms with Crippen LogP contribution in [0.1, 0.15) is 27.9 Å². The maximum Gasteiger partial charge on any atom is 0.239 e. The minimum atomic E-state index is -0.213. The minimum absolute atomic E-state index is 0.122. The number of rotatable bonds is 10. The van der Waals surface area contributed by atoms with E-state index in [1.165, 1.54) is 0 Å². The van der Waals surface area contributed by atoms with Gasteiger partial charge >= 0.3 is 0 Å². The van der Waals surface area contributed by atoms with Crippen LogP contribution in [0, 0.1) is 25.2 Å². The first-order valence-corrected chi connectivity index (χ1v) is 11.2. The number of anilines is 1. The average molecular weight is 477 g/mol. The molecule has 0 saturated carbocycles. The molecule has 0 aliphatic rings. The largest absolute Gasteiger partial charge is 0.493 e. The first kappa shape index (κ1) is 25.7. The van der Waals surface area contributed by atoms with Crippen LogP contribution in [0.5, 0.6) is 17.2 Å². The van der Waals surface area contributed by atoms with Crippen molar-refractivity contribution in [1.82, 2.24) is 9.47 Å². The number of aromatic nitrogens is 1. The lowest BCUT2D eigenvalue weighted by Gasteiger charge is -2.21. The molecule has 1 amide bonds. The van der Waals surface area contributed by atoms with Crippen LogP contribution in [-0.2, 0) is 17.9 Å². The maximum absolute atomic E-state index is 13.0. The van der Waals surface area contributed by atoms with Crippen molar-refractivity contribution >= 4 is 11.7 Å². The standard InChI is InChI=1S/C27H32N4O4/c1-18-19(2)31(15-20-10-8-7-9-11-20)27(22(18)14-28)29-24(32)17-30(3)16-21-12-13-23(33-4)26(35-6)25(21)34-5/h7-13H,15-17H2,1-6H3,(H,29,32). The number of hydrogen-bond acceptors (Lipinski definition) is 6. The maximum atomic E-state index is 13.0. The van der Waals surface area contributed by atoms with Gasteiger partial charge in [-0.15, -0.1) is 0 Å². The van der Waals surface area contributed by atoms with Gasteiger partial charge in [-0.25, -0.2) is 0 Å². The first-order chi connectivity index (χ1) is 16.8. The Bertz CT molecular complexity index is 1230. The SMILES string of the molecule is COc1ccc(CN(C)CC(=O)Nc2c(C#N)c(C)c(C)n2Cc2ccccc2)c(OC)c1OC. The molecule has 1 aromatic heterocycles. The molecule has 3 aromatic rings. The zero-order chi connectivity index (χ0) is 25.5. The molecule has 0 unspecified atom stereocenters. The number of likely N-dealkylation sites (N-methyl/N-ethyl adjacent to an activating group) is 1. The molecule has 3 rings (SSSR count). The molecule has 184 valence electrons. The van der Waals surface area contributed by atoms with Gasteiger partial charge in [-0.1, -0.05) is 36.4 Å². The first-order valence-electron chi connectivity index (χ1n) is 11.2. The summed E-state index contributed by atoms with van der Waals surface area (Å²) in [4.78, 5) is 14.9. The zero-order valence-electron chi connectivity index (χ0n) is 21.1. The molecular weight excluding hydrogens is 444 g/mol. The van der Waals surface area contributed by atoms with Gasteiger partial charge in [0.05, 0.1) is 33.4 Å². The van der Waals surface area contributed by atoms with Crippen LogP contribution >= 0.6 is 0 Å². The van der Waals surface area contributed by atoms with Crippen molar-refractivity contribution in [2.75, 3.05) is 40.2 Å². The summed E-state index contributed by atoms with van der Waals surface area (Å²) in [5.74, 6) is 1.95. The fraction of sp³-hybridized carbons (Fsp3) is 0.333. The molecule has 0 aliphatic heterocycles. The molecule has 2 aromatic carbocycles. The van der Waals surface area contributed by atoms with Crippen molar-refractivity contribution in [2.24, 2.45) is 0 Å². The van der Waals surface area contributed by atoms with Gasteiger partial charge in [-0.3, -0.25) is 9.69 Å². The Hall–Kier alpha value is -3.96. The summed E-state index contributed by atoms with van der Waals surface area (Å²) in [5, 5.41) is 12.8. The van der Waals surface area contributed by atoms with Crippen molar-refractivity contribution < 1.29 is 19.0 Å². The zero-order valence-corrected chi connectivity index (χ0v) is 21.1. The number of amides is 1. The quantitative estimate of drug-likeness (QED) is 0.474. The van der Waals surface area contributed by atoms with E-state index in [4.69, 9.17) is 14.2 Å². The lowest BCUT2D eigenvalue weighted by molar-refractivity contribution is -0.117.